The zero-order valence-electron chi connectivity index (χ0n) is 10.3. The van der Waals surface area contributed by atoms with E-state index in [0.29, 0.717) is 18.7 Å². The largest absolute Gasteiger partial charge is 0.394 e. The van der Waals surface area contributed by atoms with Gasteiger partial charge in [-0.25, -0.2) is 4.68 Å². The second-order valence-corrected chi connectivity index (χ2v) is 4.35. The van der Waals surface area contributed by atoms with Gasteiger partial charge in [0.05, 0.1) is 11.4 Å². The van der Waals surface area contributed by atoms with Gasteiger partial charge in [-0.2, -0.15) is 5.10 Å². The molecule has 94 valence electrons. The van der Waals surface area contributed by atoms with Gasteiger partial charge in [0.1, 0.15) is 5.82 Å². The van der Waals surface area contributed by atoms with Crippen LogP contribution in [-0.2, 0) is 11.3 Å². The van der Waals surface area contributed by atoms with Crippen LogP contribution in [0.3, 0.4) is 0 Å². The number of nitrogens with one attached hydrogen (secondary N) is 2. The lowest BCUT2D eigenvalue weighted by Gasteiger charge is -2.13. The molecule has 4 N–H and O–H groups in total. The number of hydrogen-bond acceptors (Lipinski definition) is 4. The van der Waals surface area contributed by atoms with Gasteiger partial charge in [-0.05, 0) is 20.3 Å². The lowest BCUT2D eigenvalue weighted by atomic mass is 10.2. The Bertz CT molecular complexity index is 426. The van der Waals surface area contributed by atoms with Crippen molar-refractivity contribution in [2.24, 2.45) is 0 Å². The molecule has 0 radical (unpaired) electrons. The Hall–Kier alpha value is -1.72. The average Bonchev–Trinajstić information content (AvgIpc) is 2.83. The zero-order chi connectivity index (χ0) is 12.4. The highest BCUT2D eigenvalue weighted by molar-refractivity contribution is 5.78. The number of anilines is 2. The summed E-state index contributed by atoms with van der Waals surface area (Å²) < 4.78 is 1.85. The number of hydrogen-bond donors (Lipinski definition) is 3. The summed E-state index contributed by atoms with van der Waals surface area (Å²) in [6.07, 6.45) is 1.50. The molecule has 1 fully saturated rings. The van der Waals surface area contributed by atoms with Crippen molar-refractivity contribution in [3.05, 3.63) is 5.69 Å². The minimum atomic E-state index is 0.130. The van der Waals surface area contributed by atoms with Crippen LogP contribution >= 0.6 is 0 Å². The monoisotopic (exact) mass is 237 g/mol. The van der Waals surface area contributed by atoms with Crippen molar-refractivity contribution in [1.82, 2.24) is 15.1 Å². The highest BCUT2D eigenvalue weighted by Crippen LogP contribution is 2.22. The third-order valence-electron chi connectivity index (χ3n) is 3.07. The van der Waals surface area contributed by atoms with Crippen molar-refractivity contribution in [1.29, 1.82) is 0 Å². The van der Waals surface area contributed by atoms with Crippen LogP contribution in [0, 0.1) is 6.92 Å². The van der Waals surface area contributed by atoms with Crippen LogP contribution in [0.15, 0.2) is 0 Å². The van der Waals surface area contributed by atoms with Crippen molar-refractivity contribution >= 4 is 17.4 Å². The summed E-state index contributed by atoms with van der Waals surface area (Å²) in [7, 11) is 0. The second kappa shape index (κ2) is 4.65. The smallest absolute Gasteiger partial charge is 0.220 e. The summed E-state index contributed by atoms with van der Waals surface area (Å²) in [6, 6.07) is 0.197. The van der Waals surface area contributed by atoms with E-state index in [2.05, 4.69) is 15.7 Å². The lowest BCUT2D eigenvalue weighted by Crippen LogP contribution is -2.32. The lowest BCUT2D eigenvalue weighted by molar-refractivity contribution is -0.119. The number of aromatic nitrogens is 2. The van der Waals surface area contributed by atoms with E-state index >= 15 is 0 Å². The van der Waals surface area contributed by atoms with E-state index in [9.17, 15) is 4.79 Å². The normalized spacial score (nSPS) is 19.4. The van der Waals surface area contributed by atoms with Gasteiger partial charge in [-0.1, -0.05) is 0 Å². The van der Waals surface area contributed by atoms with Crippen LogP contribution in [0.4, 0.5) is 11.5 Å². The van der Waals surface area contributed by atoms with Crippen molar-refractivity contribution in [3.8, 4) is 0 Å². The van der Waals surface area contributed by atoms with Gasteiger partial charge in [-0.15, -0.1) is 0 Å². The maximum Gasteiger partial charge on any atom is 0.220 e. The molecule has 1 saturated heterocycles. The quantitative estimate of drug-likeness (QED) is 0.711. The summed E-state index contributed by atoms with van der Waals surface area (Å²) in [5, 5.41) is 10.5. The van der Waals surface area contributed by atoms with Crippen LogP contribution < -0.4 is 16.4 Å². The molecule has 0 saturated carbocycles. The van der Waals surface area contributed by atoms with Crippen molar-refractivity contribution < 1.29 is 4.79 Å². The Kier molecular flexibility index (Phi) is 3.21. The van der Waals surface area contributed by atoms with Crippen molar-refractivity contribution in [2.45, 2.75) is 39.3 Å². The van der Waals surface area contributed by atoms with E-state index in [1.54, 1.807) is 0 Å². The van der Waals surface area contributed by atoms with Gasteiger partial charge >= 0.3 is 0 Å². The average molecular weight is 237 g/mol. The minimum absolute atomic E-state index is 0.130. The predicted molar refractivity (Wildman–Crippen MR) is 66.7 cm³/mol. The summed E-state index contributed by atoms with van der Waals surface area (Å²) in [5.41, 5.74) is 7.49. The molecule has 6 nitrogen and oxygen atoms in total. The molecule has 0 aliphatic carbocycles. The summed E-state index contributed by atoms with van der Waals surface area (Å²) in [5.74, 6) is 0.983. The van der Waals surface area contributed by atoms with Gasteiger partial charge in [0, 0.05) is 25.6 Å². The molecule has 1 unspecified atom stereocenters. The van der Waals surface area contributed by atoms with E-state index in [1.807, 2.05) is 18.5 Å². The highest BCUT2D eigenvalue weighted by Gasteiger charge is 2.21. The Morgan fingerprint density at radius 3 is 3.00 bits per heavy atom. The number of nitrogens with two attached hydrogens (primary N) is 1. The third kappa shape index (κ3) is 2.35. The molecule has 6 heteroatoms. The fourth-order valence-electron chi connectivity index (χ4n) is 2.06. The number of nitrogen functional groups attached to an aromatic ring is 1. The SMILES string of the molecule is CCn1nc(C)c(N)c1NCC1CCC(=O)N1. The molecule has 0 bridgehead atoms. The summed E-state index contributed by atoms with van der Waals surface area (Å²) >= 11 is 0. The van der Waals surface area contributed by atoms with Gasteiger partial charge in [0.25, 0.3) is 0 Å². The minimum Gasteiger partial charge on any atom is -0.394 e. The first-order chi connectivity index (χ1) is 8.11. The Morgan fingerprint density at radius 2 is 2.41 bits per heavy atom. The number of aryl methyl sites for hydroxylation is 2. The third-order valence-corrected chi connectivity index (χ3v) is 3.07. The molecule has 0 spiro atoms. The number of carbonyl (C=O) groups excluding carboxylic acids is 1. The molecule has 0 aromatic carbocycles. The fraction of sp³-hybridized carbons (Fsp3) is 0.636. The second-order valence-electron chi connectivity index (χ2n) is 4.35. The van der Waals surface area contributed by atoms with Crippen molar-refractivity contribution in [3.63, 3.8) is 0 Å². The molecule has 1 aliphatic heterocycles. The molecule has 1 aliphatic rings. The molecule has 1 atom stereocenters. The highest BCUT2D eigenvalue weighted by atomic mass is 16.1. The van der Waals surface area contributed by atoms with E-state index in [0.717, 1.165) is 24.5 Å². The number of carbonyl (C=O) groups is 1. The molecule has 1 aromatic rings. The van der Waals surface area contributed by atoms with Crippen LogP contribution in [0.1, 0.15) is 25.5 Å². The zero-order valence-corrected chi connectivity index (χ0v) is 10.3. The van der Waals surface area contributed by atoms with E-state index in [-0.39, 0.29) is 11.9 Å². The van der Waals surface area contributed by atoms with E-state index in [4.69, 9.17) is 5.73 Å². The fourth-order valence-corrected chi connectivity index (χ4v) is 2.06. The number of nitrogens with zero attached hydrogens (tertiary/aromatic N) is 2. The topological polar surface area (TPSA) is 85.0 Å². The first-order valence-electron chi connectivity index (χ1n) is 5.98. The van der Waals surface area contributed by atoms with E-state index < -0.39 is 0 Å². The Labute approximate surface area is 101 Å². The summed E-state index contributed by atoms with van der Waals surface area (Å²) in [6.45, 7) is 5.39. The first kappa shape index (κ1) is 11.8. The van der Waals surface area contributed by atoms with Crippen LogP contribution in [0.2, 0.25) is 0 Å². The number of amides is 1. The molecular weight excluding hydrogens is 218 g/mol. The first-order valence-corrected chi connectivity index (χ1v) is 5.98. The summed E-state index contributed by atoms with van der Waals surface area (Å²) in [4.78, 5) is 11.1. The van der Waals surface area contributed by atoms with Gasteiger partial charge in [0.2, 0.25) is 5.91 Å². The maximum absolute atomic E-state index is 11.1. The van der Waals surface area contributed by atoms with Crippen LogP contribution in [-0.4, -0.2) is 28.3 Å². The van der Waals surface area contributed by atoms with Crippen molar-refractivity contribution in [2.75, 3.05) is 17.6 Å². The predicted octanol–water partition coefficient (Wildman–Crippen LogP) is 0.484. The maximum atomic E-state index is 11.1. The Balaban J connectivity index is 2.01. The molecule has 2 heterocycles. The van der Waals surface area contributed by atoms with Crippen LogP contribution in [0.25, 0.3) is 0 Å². The van der Waals surface area contributed by atoms with Crippen LogP contribution in [0.5, 0.6) is 0 Å². The Morgan fingerprint density at radius 1 is 1.65 bits per heavy atom. The van der Waals surface area contributed by atoms with Gasteiger partial charge in [-0.3, -0.25) is 4.79 Å². The molecule has 1 aromatic heterocycles. The molecule has 17 heavy (non-hydrogen) atoms. The molecule has 1 amide bonds. The van der Waals surface area contributed by atoms with Gasteiger partial charge in [0.15, 0.2) is 0 Å². The standard InChI is InChI=1S/C11H19N5O/c1-3-16-11(10(12)7(2)15-16)13-6-8-4-5-9(17)14-8/h8,13H,3-6,12H2,1-2H3,(H,14,17). The number of rotatable bonds is 4. The molecular formula is C11H19N5O. The van der Waals surface area contributed by atoms with E-state index in [1.165, 1.54) is 0 Å². The van der Waals surface area contributed by atoms with Gasteiger partial charge < -0.3 is 16.4 Å². The molecule has 2 rings (SSSR count).